The SMILES string of the molecule is Cc1c(C(=O)N2C[C@@H](C)[C@H](C(=O)O)C2)oc2ccc(Br)cc12. The monoisotopic (exact) mass is 365 g/mol. The summed E-state index contributed by atoms with van der Waals surface area (Å²) in [5.41, 5.74) is 1.44. The molecule has 0 radical (unpaired) electrons. The second kappa shape index (κ2) is 5.43. The van der Waals surface area contributed by atoms with Gasteiger partial charge in [-0.05, 0) is 31.0 Å². The fourth-order valence-corrected chi connectivity index (χ4v) is 3.36. The molecule has 2 heterocycles. The number of amides is 1. The zero-order chi connectivity index (χ0) is 16.0. The number of hydrogen-bond acceptors (Lipinski definition) is 3. The Hall–Kier alpha value is -1.82. The van der Waals surface area contributed by atoms with Gasteiger partial charge in [0.25, 0.3) is 5.91 Å². The summed E-state index contributed by atoms with van der Waals surface area (Å²) in [5.74, 6) is -1.36. The van der Waals surface area contributed by atoms with Crippen LogP contribution in [0, 0.1) is 18.8 Å². The number of rotatable bonds is 2. The van der Waals surface area contributed by atoms with Crippen molar-refractivity contribution in [2.45, 2.75) is 13.8 Å². The van der Waals surface area contributed by atoms with Crippen LogP contribution in [-0.2, 0) is 4.79 Å². The highest BCUT2D eigenvalue weighted by Gasteiger charge is 2.38. The number of aryl methyl sites for hydroxylation is 1. The number of furan rings is 1. The van der Waals surface area contributed by atoms with Crippen LogP contribution >= 0.6 is 15.9 Å². The van der Waals surface area contributed by atoms with Gasteiger partial charge in [-0.15, -0.1) is 0 Å². The highest BCUT2D eigenvalue weighted by molar-refractivity contribution is 9.10. The van der Waals surface area contributed by atoms with Crippen LogP contribution in [0.2, 0.25) is 0 Å². The van der Waals surface area contributed by atoms with Crippen molar-refractivity contribution in [2.24, 2.45) is 11.8 Å². The Kier molecular flexibility index (Phi) is 3.72. The average Bonchev–Trinajstić information content (AvgIpc) is 3.00. The van der Waals surface area contributed by atoms with Crippen molar-refractivity contribution < 1.29 is 19.1 Å². The predicted octanol–water partition coefficient (Wildman–Crippen LogP) is 3.30. The Morgan fingerprint density at radius 3 is 2.73 bits per heavy atom. The number of likely N-dealkylation sites (tertiary alicyclic amines) is 1. The summed E-state index contributed by atoms with van der Waals surface area (Å²) in [6.07, 6.45) is 0. The molecule has 1 aliphatic rings. The third-order valence-corrected chi connectivity index (χ3v) is 4.80. The van der Waals surface area contributed by atoms with E-state index >= 15 is 0 Å². The van der Waals surface area contributed by atoms with E-state index in [1.807, 2.05) is 32.0 Å². The van der Waals surface area contributed by atoms with Crippen molar-refractivity contribution in [3.63, 3.8) is 0 Å². The Morgan fingerprint density at radius 2 is 2.09 bits per heavy atom. The molecule has 1 N–H and O–H groups in total. The molecule has 5 nitrogen and oxygen atoms in total. The minimum atomic E-state index is -0.854. The van der Waals surface area contributed by atoms with Crippen LogP contribution in [0.5, 0.6) is 0 Å². The number of carbonyl (C=O) groups excluding carboxylic acids is 1. The lowest BCUT2D eigenvalue weighted by molar-refractivity contribution is -0.142. The van der Waals surface area contributed by atoms with Crippen LogP contribution in [0.15, 0.2) is 27.1 Å². The van der Waals surface area contributed by atoms with Crippen LogP contribution in [0.3, 0.4) is 0 Å². The summed E-state index contributed by atoms with van der Waals surface area (Å²) < 4.78 is 6.62. The molecule has 1 aliphatic heterocycles. The standard InChI is InChI=1S/C16H16BrNO4/c1-8-6-18(7-12(8)16(20)21)15(19)14-9(2)11-5-10(17)3-4-13(11)22-14/h3-5,8,12H,6-7H2,1-2H3,(H,20,21)/t8-,12-/m1/s1. The van der Waals surface area contributed by atoms with Gasteiger partial charge in [-0.1, -0.05) is 22.9 Å². The number of carboxylic acids is 1. The molecule has 3 rings (SSSR count). The summed E-state index contributed by atoms with van der Waals surface area (Å²) in [5, 5.41) is 10.1. The van der Waals surface area contributed by atoms with Crippen LogP contribution < -0.4 is 0 Å². The molecular formula is C16H16BrNO4. The van der Waals surface area contributed by atoms with Crippen LogP contribution in [0.25, 0.3) is 11.0 Å². The number of hydrogen-bond donors (Lipinski definition) is 1. The van der Waals surface area contributed by atoms with E-state index in [4.69, 9.17) is 4.42 Å². The van der Waals surface area contributed by atoms with Crippen molar-refractivity contribution in [2.75, 3.05) is 13.1 Å². The van der Waals surface area contributed by atoms with Gasteiger partial charge in [-0.3, -0.25) is 9.59 Å². The van der Waals surface area contributed by atoms with Crippen molar-refractivity contribution in [1.29, 1.82) is 0 Å². The molecule has 0 aliphatic carbocycles. The zero-order valence-electron chi connectivity index (χ0n) is 12.3. The van der Waals surface area contributed by atoms with Gasteiger partial charge in [0.15, 0.2) is 5.76 Å². The predicted molar refractivity (Wildman–Crippen MR) is 84.8 cm³/mol. The fraction of sp³-hybridized carbons (Fsp3) is 0.375. The molecule has 1 amide bonds. The lowest BCUT2D eigenvalue weighted by Crippen LogP contribution is -2.30. The van der Waals surface area contributed by atoms with E-state index in [9.17, 15) is 14.7 Å². The zero-order valence-corrected chi connectivity index (χ0v) is 13.9. The third kappa shape index (κ3) is 2.41. The molecule has 0 saturated carbocycles. The quantitative estimate of drug-likeness (QED) is 0.886. The molecule has 1 aromatic heterocycles. The van der Waals surface area contributed by atoms with E-state index < -0.39 is 11.9 Å². The van der Waals surface area contributed by atoms with Crippen molar-refractivity contribution in [3.8, 4) is 0 Å². The molecule has 0 unspecified atom stereocenters. The number of benzene rings is 1. The molecule has 116 valence electrons. The maximum Gasteiger partial charge on any atom is 0.308 e. The largest absolute Gasteiger partial charge is 0.481 e. The molecule has 2 aromatic rings. The Bertz CT molecular complexity index is 767. The Balaban J connectivity index is 1.93. The van der Waals surface area contributed by atoms with Crippen LogP contribution in [0.4, 0.5) is 0 Å². The van der Waals surface area contributed by atoms with E-state index in [0.29, 0.717) is 17.9 Å². The molecule has 0 bridgehead atoms. The first kappa shape index (κ1) is 15.1. The van der Waals surface area contributed by atoms with Gasteiger partial charge in [0.2, 0.25) is 0 Å². The van der Waals surface area contributed by atoms with Crippen LogP contribution in [-0.4, -0.2) is 35.0 Å². The van der Waals surface area contributed by atoms with Gasteiger partial charge in [-0.2, -0.15) is 0 Å². The number of carboxylic acid groups (broad SMARTS) is 1. The maximum absolute atomic E-state index is 12.7. The molecule has 22 heavy (non-hydrogen) atoms. The third-order valence-electron chi connectivity index (χ3n) is 4.31. The highest BCUT2D eigenvalue weighted by Crippen LogP contribution is 2.31. The number of nitrogens with zero attached hydrogens (tertiary/aromatic N) is 1. The van der Waals surface area contributed by atoms with Crippen LogP contribution in [0.1, 0.15) is 23.0 Å². The van der Waals surface area contributed by atoms with Crippen molar-refractivity contribution >= 4 is 38.8 Å². The summed E-state index contributed by atoms with van der Waals surface area (Å²) in [4.78, 5) is 25.4. The van der Waals surface area contributed by atoms with Gasteiger partial charge in [-0.25, -0.2) is 0 Å². The molecule has 6 heteroatoms. The average molecular weight is 366 g/mol. The Labute approximate surface area is 136 Å². The van der Waals surface area contributed by atoms with Gasteiger partial charge >= 0.3 is 5.97 Å². The number of carbonyl (C=O) groups is 2. The highest BCUT2D eigenvalue weighted by atomic mass is 79.9. The molecule has 2 atom stereocenters. The fourth-order valence-electron chi connectivity index (χ4n) is 2.99. The second-order valence-corrected chi connectivity index (χ2v) is 6.74. The topological polar surface area (TPSA) is 70.8 Å². The van der Waals surface area contributed by atoms with Gasteiger partial charge in [0.05, 0.1) is 5.92 Å². The van der Waals surface area contributed by atoms with E-state index in [2.05, 4.69) is 15.9 Å². The van der Waals surface area contributed by atoms with Gasteiger partial charge in [0, 0.05) is 28.5 Å². The molecule has 0 spiro atoms. The summed E-state index contributed by atoms with van der Waals surface area (Å²) in [7, 11) is 0. The summed E-state index contributed by atoms with van der Waals surface area (Å²) >= 11 is 3.41. The molecular weight excluding hydrogens is 350 g/mol. The van der Waals surface area contributed by atoms with Gasteiger partial charge in [0.1, 0.15) is 5.58 Å². The molecule has 1 aromatic carbocycles. The minimum Gasteiger partial charge on any atom is -0.481 e. The molecule has 1 fully saturated rings. The number of halogens is 1. The first-order valence-electron chi connectivity index (χ1n) is 7.09. The maximum atomic E-state index is 12.7. The molecule has 1 saturated heterocycles. The van der Waals surface area contributed by atoms with E-state index in [1.165, 1.54) is 0 Å². The van der Waals surface area contributed by atoms with Crippen molar-refractivity contribution in [1.82, 2.24) is 4.90 Å². The lowest BCUT2D eigenvalue weighted by atomic mass is 9.99. The van der Waals surface area contributed by atoms with E-state index in [-0.39, 0.29) is 18.4 Å². The smallest absolute Gasteiger partial charge is 0.308 e. The summed E-state index contributed by atoms with van der Waals surface area (Å²) in [6, 6.07) is 5.59. The normalized spacial score (nSPS) is 21.5. The number of aliphatic carboxylic acids is 1. The minimum absolute atomic E-state index is 0.0553. The van der Waals surface area contributed by atoms with Gasteiger partial charge < -0.3 is 14.4 Å². The summed E-state index contributed by atoms with van der Waals surface area (Å²) in [6.45, 7) is 4.37. The second-order valence-electron chi connectivity index (χ2n) is 5.83. The van der Waals surface area contributed by atoms with E-state index in [0.717, 1.165) is 15.4 Å². The van der Waals surface area contributed by atoms with E-state index in [1.54, 1.807) is 4.90 Å². The number of fused-ring (bicyclic) bond motifs is 1. The van der Waals surface area contributed by atoms with Crippen molar-refractivity contribution in [3.05, 3.63) is 34.0 Å². The first-order chi connectivity index (χ1) is 10.4. The Morgan fingerprint density at radius 1 is 1.36 bits per heavy atom. The first-order valence-corrected chi connectivity index (χ1v) is 7.88. The lowest BCUT2D eigenvalue weighted by Gasteiger charge is -2.14.